The molecule has 1 aliphatic heterocycles. The SMILES string of the molecule is CC1=C(c2cccc(-n3c4ccccc4c4cc(-c5ccc6sc7ccccc7c6c5)ccc43)c2)N=C(c2ccccc2)NC1c1ccccc1. The van der Waals surface area contributed by atoms with Crippen LogP contribution in [0.25, 0.3) is 64.5 Å². The molecule has 0 spiro atoms. The zero-order chi connectivity index (χ0) is 33.9. The van der Waals surface area contributed by atoms with Gasteiger partial charge in [0.25, 0.3) is 0 Å². The lowest BCUT2D eigenvalue weighted by Crippen LogP contribution is -2.33. The van der Waals surface area contributed by atoms with Crippen LogP contribution < -0.4 is 5.32 Å². The molecule has 4 heteroatoms. The summed E-state index contributed by atoms with van der Waals surface area (Å²) in [5.74, 6) is 0.883. The van der Waals surface area contributed by atoms with E-state index in [1.54, 1.807) is 0 Å². The fourth-order valence-electron chi connectivity index (χ4n) is 7.76. The number of para-hydroxylation sites is 1. The number of rotatable bonds is 5. The van der Waals surface area contributed by atoms with Crippen LogP contribution in [0.1, 0.15) is 29.7 Å². The highest BCUT2D eigenvalue weighted by Gasteiger charge is 2.25. The normalized spacial score (nSPS) is 14.8. The molecule has 51 heavy (non-hydrogen) atoms. The third-order valence-electron chi connectivity index (χ3n) is 10.3. The van der Waals surface area contributed by atoms with Gasteiger partial charge < -0.3 is 9.88 Å². The number of nitrogens with one attached hydrogen (secondary N) is 1. The Balaban J connectivity index is 1.12. The first kappa shape index (κ1) is 29.7. The molecular formula is C47H33N3S. The Bertz CT molecular complexity index is 2840. The van der Waals surface area contributed by atoms with Crippen molar-refractivity contribution >= 4 is 64.8 Å². The first-order valence-electron chi connectivity index (χ1n) is 17.4. The zero-order valence-electron chi connectivity index (χ0n) is 28.0. The summed E-state index contributed by atoms with van der Waals surface area (Å²) >= 11 is 1.86. The second-order valence-electron chi connectivity index (χ2n) is 13.3. The van der Waals surface area contributed by atoms with Gasteiger partial charge in [0.15, 0.2) is 0 Å². The van der Waals surface area contributed by atoms with Gasteiger partial charge in [-0.05, 0) is 77.7 Å². The first-order chi connectivity index (χ1) is 25.2. The Morgan fingerprint density at radius 1 is 0.510 bits per heavy atom. The van der Waals surface area contributed by atoms with E-state index in [0.717, 1.165) is 28.3 Å². The van der Waals surface area contributed by atoms with E-state index in [2.05, 4.69) is 181 Å². The summed E-state index contributed by atoms with van der Waals surface area (Å²) in [7, 11) is 0. The second kappa shape index (κ2) is 12.0. The van der Waals surface area contributed by atoms with Crippen molar-refractivity contribution in [1.29, 1.82) is 0 Å². The van der Waals surface area contributed by atoms with Crippen LogP contribution in [0.4, 0.5) is 0 Å². The standard InChI is InChI=1S/C47H33N3S/c1-30-45(31-13-4-2-5-14-31)48-47(32-15-6-3-7-16-32)49-46(30)35-17-12-18-36(27-35)50-41-21-10-8-19-37(41)39-28-33(23-25-42(39)50)34-24-26-44-40(29-34)38-20-9-11-22-43(38)51-44/h2-29,45H,1H3,(H,48,49). The lowest BCUT2D eigenvalue weighted by atomic mass is 9.93. The van der Waals surface area contributed by atoms with E-state index >= 15 is 0 Å². The predicted molar refractivity (Wildman–Crippen MR) is 217 cm³/mol. The van der Waals surface area contributed by atoms with Crippen LogP contribution >= 0.6 is 11.3 Å². The molecule has 0 fully saturated rings. The minimum Gasteiger partial charge on any atom is -0.359 e. The summed E-state index contributed by atoms with van der Waals surface area (Å²) in [4.78, 5) is 5.28. The Morgan fingerprint density at radius 2 is 1.16 bits per heavy atom. The first-order valence-corrected chi connectivity index (χ1v) is 18.2. The van der Waals surface area contributed by atoms with Crippen molar-refractivity contribution in [3.63, 3.8) is 0 Å². The Labute approximate surface area is 300 Å². The van der Waals surface area contributed by atoms with Gasteiger partial charge in [-0.2, -0.15) is 0 Å². The summed E-state index contributed by atoms with van der Waals surface area (Å²) < 4.78 is 5.06. The number of benzene rings is 7. The summed E-state index contributed by atoms with van der Waals surface area (Å²) in [6, 6.07) is 61.3. The average molecular weight is 672 g/mol. The predicted octanol–water partition coefficient (Wildman–Crippen LogP) is 12.3. The molecule has 1 N–H and O–H groups in total. The molecular weight excluding hydrogens is 639 g/mol. The molecule has 1 unspecified atom stereocenters. The molecule has 2 aromatic heterocycles. The third-order valence-corrected chi connectivity index (χ3v) is 11.4. The summed E-state index contributed by atoms with van der Waals surface area (Å²) in [6.45, 7) is 2.20. The van der Waals surface area contributed by atoms with Gasteiger partial charge in [0.05, 0.1) is 22.8 Å². The van der Waals surface area contributed by atoms with Crippen molar-refractivity contribution in [2.24, 2.45) is 4.99 Å². The van der Waals surface area contributed by atoms with Gasteiger partial charge in [-0.25, -0.2) is 4.99 Å². The van der Waals surface area contributed by atoms with Crippen LogP contribution in [0.2, 0.25) is 0 Å². The zero-order valence-corrected chi connectivity index (χ0v) is 28.9. The van der Waals surface area contributed by atoms with Crippen molar-refractivity contribution in [3.05, 3.63) is 192 Å². The maximum absolute atomic E-state index is 5.28. The third kappa shape index (κ3) is 4.99. The molecule has 0 saturated heterocycles. The van der Waals surface area contributed by atoms with Crippen molar-refractivity contribution < 1.29 is 0 Å². The molecule has 1 atom stereocenters. The highest BCUT2D eigenvalue weighted by atomic mass is 32.1. The number of hydrogen-bond donors (Lipinski definition) is 1. The molecule has 7 aromatic carbocycles. The lowest BCUT2D eigenvalue weighted by Gasteiger charge is -2.29. The highest BCUT2D eigenvalue weighted by molar-refractivity contribution is 7.25. The number of aliphatic imine (C=N–C) groups is 1. The van der Waals surface area contributed by atoms with Gasteiger partial charge in [-0.1, -0.05) is 121 Å². The smallest absolute Gasteiger partial charge is 0.134 e. The number of fused-ring (bicyclic) bond motifs is 6. The van der Waals surface area contributed by atoms with Gasteiger partial charge in [0.2, 0.25) is 0 Å². The molecule has 1 aliphatic rings. The van der Waals surface area contributed by atoms with E-state index in [1.165, 1.54) is 64.2 Å². The Kier molecular flexibility index (Phi) is 6.97. The van der Waals surface area contributed by atoms with Crippen molar-refractivity contribution in [1.82, 2.24) is 9.88 Å². The molecule has 242 valence electrons. The fourth-order valence-corrected chi connectivity index (χ4v) is 8.84. The largest absolute Gasteiger partial charge is 0.359 e. The van der Waals surface area contributed by atoms with Crippen LogP contribution in [0.5, 0.6) is 0 Å². The maximum Gasteiger partial charge on any atom is 0.134 e. The molecule has 0 saturated carbocycles. The van der Waals surface area contributed by atoms with Gasteiger partial charge in [0, 0.05) is 47.8 Å². The van der Waals surface area contributed by atoms with Crippen LogP contribution in [-0.2, 0) is 0 Å². The van der Waals surface area contributed by atoms with E-state index < -0.39 is 0 Å². The van der Waals surface area contributed by atoms with E-state index in [4.69, 9.17) is 4.99 Å². The van der Waals surface area contributed by atoms with Gasteiger partial charge in [-0.3, -0.25) is 0 Å². The summed E-state index contributed by atoms with van der Waals surface area (Å²) in [5.41, 5.74) is 11.5. The fraction of sp³-hybridized carbons (Fsp3) is 0.0426. The van der Waals surface area contributed by atoms with Crippen molar-refractivity contribution in [2.45, 2.75) is 13.0 Å². The van der Waals surface area contributed by atoms with Crippen LogP contribution in [-0.4, -0.2) is 10.4 Å². The van der Waals surface area contributed by atoms with Crippen molar-refractivity contribution in [2.75, 3.05) is 0 Å². The lowest BCUT2D eigenvalue weighted by molar-refractivity contribution is 0.733. The molecule has 3 heterocycles. The minimum atomic E-state index is 0.00973. The minimum absolute atomic E-state index is 0.00973. The van der Waals surface area contributed by atoms with Gasteiger partial charge in [-0.15, -0.1) is 11.3 Å². The molecule has 0 aliphatic carbocycles. The quantitative estimate of drug-likeness (QED) is 0.194. The van der Waals surface area contributed by atoms with E-state index in [9.17, 15) is 0 Å². The second-order valence-corrected chi connectivity index (χ2v) is 14.4. The van der Waals surface area contributed by atoms with Gasteiger partial charge >= 0.3 is 0 Å². The molecule has 3 nitrogen and oxygen atoms in total. The van der Waals surface area contributed by atoms with Crippen molar-refractivity contribution in [3.8, 4) is 16.8 Å². The van der Waals surface area contributed by atoms with E-state index in [-0.39, 0.29) is 6.04 Å². The Hall–Kier alpha value is -6.23. The average Bonchev–Trinajstić information content (AvgIpc) is 3.74. The highest BCUT2D eigenvalue weighted by Crippen LogP contribution is 2.40. The number of hydrogen-bond acceptors (Lipinski definition) is 3. The molecule has 0 bridgehead atoms. The topological polar surface area (TPSA) is 29.3 Å². The number of aromatic nitrogens is 1. The number of amidine groups is 1. The summed E-state index contributed by atoms with van der Waals surface area (Å²) in [5, 5.41) is 8.88. The number of thiophene rings is 1. The van der Waals surface area contributed by atoms with Crippen LogP contribution in [0.15, 0.2) is 180 Å². The monoisotopic (exact) mass is 671 g/mol. The summed E-state index contributed by atoms with van der Waals surface area (Å²) in [6.07, 6.45) is 0. The molecule has 9 aromatic rings. The van der Waals surface area contributed by atoms with Crippen LogP contribution in [0.3, 0.4) is 0 Å². The van der Waals surface area contributed by atoms with Crippen LogP contribution in [0, 0.1) is 0 Å². The van der Waals surface area contributed by atoms with Gasteiger partial charge in [0.1, 0.15) is 5.84 Å². The molecule has 0 amide bonds. The molecule has 10 rings (SSSR count). The van der Waals surface area contributed by atoms with E-state index in [0.29, 0.717) is 0 Å². The molecule has 0 radical (unpaired) electrons. The Morgan fingerprint density at radius 3 is 2.00 bits per heavy atom. The number of nitrogens with zero attached hydrogens (tertiary/aromatic N) is 2. The van der Waals surface area contributed by atoms with E-state index in [1.807, 2.05) is 17.4 Å². The maximum atomic E-state index is 5.28.